The Morgan fingerprint density at radius 3 is 2.53 bits per heavy atom. The number of amides is 3. The lowest BCUT2D eigenvalue weighted by atomic mass is 9.76. The fourth-order valence-electron chi connectivity index (χ4n) is 4.36. The van der Waals surface area contributed by atoms with Crippen LogP contribution in [0.3, 0.4) is 0 Å². The number of carbonyl (C=O) groups excluding carboxylic acids is 4. The van der Waals surface area contributed by atoms with Gasteiger partial charge < -0.3 is 10.1 Å². The smallest absolute Gasteiger partial charge is 0.338 e. The SMILES string of the molecule is C[C@@H]1CC[C@H]2C(=O)N(c3cccc(C(=O)OCC(=O)Nc4ccc(Br)cc4)c3)C(=O)[C@@H]2C1. The molecule has 0 unspecified atom stereocenters. The van der Waals surface area contributed by atoms with Gasteiger partial charge >= 0.3 is 5.97 Å². The van der Waals surface area contributed by atoms with Crippen molar-refractivity contribution in [2.75, 3.05) is 16.8 Å². The number of imide groups is 1. The minimum Gasteiger partial charge on any atom is -0.452 e. The Hall–Kier alpha value is -3.00. The van der Waals surface area contributed by atoms with Gasteiger partial charge in [-0.3, -0.25) is 19.3 Å². The molecule has 3 atom stereocenters. The van der Waals surface area contributed by atoms with Gasteiger partial charge in [-0.05, 0) is 67.6 Å². The number of rotatable bonds is 5. The zero-order chi connectivity index (χ0) is 22.8. The molecule has 8 heteroatoms. The molecule has 1 saturated carbocycles. The summed E-state index contributed by atoms with van der Waals surface area (Å²) in [5, 5.41) is 2.64. The number of fused-ring (bicyclic) bond motifs is 1. The minimum absolute atomic E-state index is 0.169. The van der Waals surface area contributed by atoms with Crippen molar-refractivity contribution >= 4 is 51.0 Å². The topological polar surface area (TPSA) is 92.8 Å². The first-order valence-corrected chi connectivity index (χ1v) is 11.3. The Kier molecular flexibility index (Phi) is 6.41. The van der Waals surface area contributed by atoms with Crippen molar-refractivity contribution in [2.24, 2.45) is 17.8 Å². The van der Waals surface area contributed by atoms with Crippen LogP contribution >= 0.6 is 15.9 Å². The molecule has 1 saturated heterocycles. The molecule has 7 nitrogen and oxygen atoms in total. The highest BCUT2D eigenvalue weighted by Crippen LogP contribution is 2.42. The van der Waals surface area contributed by atoms with E-state index in [1.54, 1.807) is 36.4 Å². The Bertz CT molecular complexity index is 1070. The maximum atomic E-state index is 12.9. The molecule has 1 N–H and O–H groups in total. The highest BCUT2D eigenvalue weighted by Gasteiger charge is 2.50. The summed E-state index contributed by atoms with van der Waals surface area (Å²) in [6, 6.07) is 13.2. The molecule has 32 heavy (non-hydrogen) atoms. The van der Waals surface area contributed by atoms with Gasteiger partial charge in [0.2, 0.25) is 11.8 Å². The van der Waals surface area contributed by atoms with E-state index in [0.717, 1.165) is 10.9 Å². The van der Waals surface area contributed by atoms with Crippen LogP contribution < -0.4 is 10.2 Å². The molecule has 0 bridgehead atoms. The van der Waals surface area contributed by atoms with Gasteiger partial charge in [-0.15, -0.1) is 0 Å². The number of anilines is 2. The Labute approximate surface area is 194 Å². The summed E-state index contributed by atoms with van der Waals surface area (Å²) < 4.78 is 6.00. The van der Waals surface area contributed by atoms with Gasteiger partial charge in [0, 0.05) is 10.2 Å². The quantitative estimate of drug-likeness (QED) is 0.493. The molecule has 2 aliphatic rings. The second-order valence-corrected chi connectivity index (χ2v) is 9.24. The zero-order valence-electron chi connectivity index (χ0n) is 17.5. The first kappa shape index (κ1) is 22.2. The average molecular weight is 499 g/mol. The third-order valence-corrected chi connectivity index (χ3v) is 6.52. The van der Waals surface area contributed by atoms with Crippen molar-refractivity contribution in [3.8, 4) is 0 Å². The number of hydrogen-bond donors (Lipinski definition) is 1. The minimum atomic E-state index is -0.706. The van der Waals surface area contributed by atoms with Gasteiger partial charge in [0.25, 0.3) is 5.91 Å². The van der Waals surface area contributed by atoms with E-state index in [9.17, 15) is 19.2 Å². The normalized spacial score (nSPS) is 22.4. The molecular weight excluding hydrogens is 476 g/mol. The molecule has 4 rings (SSSR count). The highest BCUT2D eigenvalue weighted by molar-refractivity contribution is 9.10. The second kappa shape index (κ2) is 9.24. The maximum Gasteiger partial charge on any atom is 0.338 e. The van der Waals surface area contributed by atoms with Crippen LogP contribution in [0.2, 0.25) is 0 Å². The summed E-state index contributed by atoms with van der Waals surface area (Å²) in [5.74, 6) is -1.74. The fourth-order valence-corrected chi connectivity index (χ4v) is 4.63. The second-order valence-electron chi connectivity index (χ2n) is 8.32. The van der Waals surface area contributed by atoms with E-state index in [1.807, 2.05) is 0 Å². The molecule has 0 aromatic heterocycles. The first-order valence-electron chi connectivity index (χ1n) is 10.5. The fraction of sp³-hybridized carbons (Fsp3) is 0.333. The predicted molar refractivity (Wildman–Crippen MR) is 122 cm³/mol. The average Bonchev–Trinajstić information content (AvgIpc) is 3.03. The first-order chi connectivity index (χ1) is 15.3. The van der Waals surface area contributed by atoms with Gasteiger partial charge in [0.1, 0.15) is 0 Å². The summed E-state index contributed by atoms with van der Waals surface area (Å²) in [6.07, 6.45) is 2.35. The number of halogens is 1. The molecule has 0 radical (unpaired) electrons. The Morgan fingerprint density at radius 1 is 1.06 bits per heavy atom. The van der Waals surface area contributed by atoms with Gasteiger partial charge in [-0.2, -0.15) is 0 Å². The number of ether oxygens (including phenoxy) is 1. The van der Waals surface area contributed by atoms with E-state index < -0.39 is 18.5 Å². The van der Waals surface area contributed by atoms with Crippen molar-refractivity contribution < 1.29 is 23.9 Å². The molecular formula is C24H23BrN2O5. The van der Waals surface area contributed by atoms with E-state index in [0.29, 0.717) is 30.1 Å². The highest BCUT2D eigenvalue weighted by atomic mass is 79.9. The summed E-state index contributed by atoms with van der Waals surface area (Å²) in [6.45, 7) is 1.64. The van der Waals surface area contributed by atoms with Crippen molar-refractivity contribution in [1.29, 1.82) is 0 Å². The largest absolute Gasteiger partial charge is 0.452 e. The van der Waals surface area contributed by atoms with Crippen LogP contribution in [0.25, 0.3) is 0 Å². The molecule has 166 valence electrons. The predicted octanol–water partition coefficient (Wildman–Crippen LogP) is 4.17. The summed E-state index contributed by atoms with van der Waals surface area (Å²) in [7, 11) is 0. The van der Waals surface area contributed by atoms with Gasteiger partial charge in [-0.1, -0.05) is 28.9 Å². The van der Waals surface area contributed by atoms with Crippen molar-refractivity contribution in [3.05, 3.63) is 58.6 Å². The van der Waals surface area contributed by atoms with Crippen LogP contribution in [0.1, 0.15) is 36.5 Å². The van der Waals surface area contributed by atoms with Crippen LogP contribution in [0.4, 0.5) is 11.4 Å². The molecule has 2 fully saturated rings. The van der Waals surface area contributed by atoms with Gasteiger partial charge in [-0.25, -0.2) is 4.79 Å². The lowest BCUT2D eigenvalue weighted by Crippen LogP contribution is -2.31. The number of nitrogens with one attached hydrogen (secondary N) is 1. The monoisotopic (exact) mass is 498 g/mol. The van der Waals surface area contributed by atoms with E-state index in [2.05, 4.69) is 28.2 Å². The lowest BCUT2D eigenvalue weighted by molar-refractivity contribution is -0.122. The number of hydrogen-bond acceptors (Lipinski definition) is 5. The zero-order valence-corrected chi connectivity index (χ0v) is 19.1. The maximum absolute atomic E-state index is 12.9. The lowest BCUT2D eigenvalue weighted by Gasteiger charge is -2.25. The van der Waals surface area contributed by atoms with Crippen LogP contribution in [0, 0.1) is 17.8 Å². The van der Waals surface area contributed by atoms with Crippen LogP contribution in [0.15, 0.2) is 53.0 Å². The molecule has 2 aromatic rings. The van der Waals surface area contributed by atoms with E-state index >= 15 is 0 Å². The number of benzene rings is 2. The van der Waals surface area contributed by atoms with Gasteiger partial charge in [0.05, 0.1) is 23.1 Å². The van der Waals surface area contributed by atoms with E-state index in [4.69, 9.17) is 4.74 Å². The molecule has 1 aliphatic carbocycles. The standard InChI is InChI=1S/C24H23BrN2O5/c1-14-5-10-19-20(11-14)23(30)27(22(19)29)18-4-2-3-15(12-18)24(31)32-13-21(28)26-17-8-6-16(25)7-9-17/h2-4,6-9,12,14,19-20H,5,10-11,13H2,1H3,(H,26,28)/t14-,19-,20-/m1/s1. The molecule has 1 heterocycles. The summed E-state index contributed by atoms with van der Waals surface area (Å²) in [4.78, 5) is 51.5. The summed E-state index contributed by atoms with van der Waals surface area (Å²) in [5.41, 5.74) is 1.11. The van der Waals surface area contributed by atoms with Gasteiger partial charge in [0.15, 0.2) is 6.61 Å². The van der Waals surface area contributed by atoms with Crippen LogP contribution in [-0.2, 0) is 19.1 Å². The number of carbonyl (C=O) groups is 4. The van der Waals surface area contributed by atoms with Crippen LogP contribution in [0.5, 0.6) is 0 Å². The van der Waals surface area contributed by atoms with E-state index in [1.165, 1.54) is 17.0 Å². The Morgan fingerprint density at radius 2 is 1.78 bits per heavy atom. The van der Waals surface area contributed by atoms with Crippen molar-refractivity contribution in [2.45, 2.75) is 26.2 Å². The number of esters is 1. The molecule has 3 amide bonds. The third kappa shape index (κ3) is 4.60. The molecule has 2 aromatic carbocycles. The Balaban J connectivity index is 1.41. The van der Waals surface area contributed by atoms with Crippen molar-refractivity contribution in [3.63, 3.8) is 0 Å². The summed E-state index contributed by atoms with van der Waals surface area (Å²) >= 11 is 3.32. The third-order valence-electron chi connectivity index (χ3n) is 5.99. The molecule has 0 spiro atoms. The van der Waals surface area contributed by atoms with Crippen molar-refractivity contribution in [1.82, 2.24) is 0 Å². The molecule has 1 aliphatic heterocycles. The number of nitrogens with zero attached hydrogens (tertiary/aromatic N) is 1. The van der Waals surface area contributed by atoms with E-state index in [-0.39, 0.29) is 29.2 Å². The van der Waals surface area contributed by atoms with Crippen LogP contribution in [-0.4, -0.2) is 30.3 Å².